The van der Waals surface area contributed by atoms with Crippen LogP contribution in [0.15, 0.2) is 59.4 Å². The van der Waals surface area contributed by atoms with Gasteiger partial charge in [0.1, 0.15) is 5.69 Å². The maximum absolute atomic E-state index is 12.6. The lowest BCUT2D eigenvalue weighted by molar-refractivity contribution is -0.0209. The number of aromatic amines is 1. The van der Waals surface area contributed by atoms with Crippen molar-refractivity contribution >= 4 is 16.7 Å². The van der Waals surface area contributed by atoms with Gasteiger partial charge in [0.05, 0.1) is 12.7 Å². The number of nitrogens with zero attached hydrogens (tertiary/aromatic N) is 2. The van der Waals surface area contributed by atoms with Crippen LogP contribution in [0.2, 0.25) is 0 Å². The van der Waals surface area contributed by atoms with Gasteiger partial charge in [0.25, 0.3) is 11.5 Å². The maximum atomic E-state index is 12.6. The van der Waals surface area contributed by atoms with Gasteiger partial charge in [0.2, 0.25) is 0 Å². The average molecular weight is 349 g/mol. The number of carbonyl (C=O) groups is 1. The van der Waals surface area contributed by atoms with E-state index in [-0.39, 0.29) is 23.3 Å². The van der Waals surface area contributed by atoms with Crippen LogP contribution >= 0.6 is 0 Å². The Morgan fingerprint density at radius 1 is 1.15 bits per heavy atom. The topological polar surface area (TPSA) is 75.3 Å². The average Bonchev–Trinajstić information content (AvgIpc) is 2.69. The molecule has 0 spiro atoms. The van der Waals surface area contributed by atoms with E-state index in [0.29, 0.717) is 19.7 Å². The summed E-state index contributed by atoms with van der Waals surface area (Å²) < 4.78 is 5.89. The first-order chi connectivity index (χ1) is 12.7. The molecule has 132 valence electrons. The number of hydrogen-bond acceptors (Lipinski definition) is 4. The van der Waals surface area contributed by atoms with Crippen molar-refractivity contribution in [1.82, 2.24) is 15.1 Å². The minimum atomic E-state index is -0.322. The van der Waals surface area contributed by atoms with Gasteiger partial charge in [0.15, 0.2) is 0 Å². The van der Waals surface area contributed by atoms with Crippen molar-refractivity contribution < 1.29 is 9.53 Å². The fourth-order valence-electron chi connectivity index (χ4n) is 3.37. The Hall–Kier alpha value is -2.99. The minimum absolute atomic E-state index is 0.0683. The highest BCUT2D eigenvalue weighted by Crippen LogP contribution is 2.22. The molecule has 1 fully saturated rings. The number of benzene rings is 2. The molecule has 6 heteroatoms. The molecule has 0 bridgehead atoms. The van der Waals surface area contributed by atoms with Gasteiger partial charge in [-0.1, -0.05) is 42.5 Å². The summed E-state index contributed by atoms with van der Waals surface area (Å²) in [7, 11) is 0. The van der Waals surface area contributed by atoms with Crippen LogP contribution in [0.4, 0.5) is 0 Å². The van der Waals surface area contributed by atoms with Crippen LogP contribution in [0, 0.1) is 0 Å². The molecular weight excluding hydrogens is 330 g/mol. The summed E-state index contributed by atoms with van der Waals surface area (Å²) in [5, 5.41) is 8.55. The van der Waals surface area contributed by atoms with E-state index in [1.165, 1.54) is 28.5 Å². The summed E-state index contributed by atoms with van der Waals surface area (Å²) in [4.78, 5) is 25.5. The molecule has 4 rings (SSSR count). The maximum Gasteiger partial charge on any atom is 0.274 e. The summed E-state index contributed by atoms with van der Waals surface area (Å²) >= 11 is 0. The molecule has 1 saturated heterocycles. The molecule has 2 heterocycles. The van der Waals surface area contributed by atoms with Gasteiger partial charge in [-0.05, 0) is 22.4 Å². The first kappa shape index (κ1) is 16.5. The fraction of sp³-hybridized carbons (Fsp3) is 0.250. The lowest BCUT2D eigenvalue weighted by Crippen LogP contribution is -2.46. The van der Waals surface area contributed by atoms with Gasteiger partial charge >= 0.3 is 0 Å². The van der Waals surface area contributed by atoms with Gasteiger partial charge < -0.3 is 9.64 Å². The predicted octanol–water partition coefficient (Wildman–Crippen LogP) is 2.01. The first-order valence-electron chi connectivity index (χ1n) is 8.64. The van der Waals surface area contributed by atoms with E-state index in [9.17, 15) is 9.59 Å². The summed E-state index contributed by atoms with van der Waals surface area (Å²) in [5.41, 5.74) is 1.14. The Balaban J connectivity index is 1.50. The number of nitrogens with one attached hydrogen (secondary N) is 1. The second kappa shape index (κ2) is 7.09. The number of rotatable bonds is 3. The van der Waals surface area contributed by atoms with E-state index in [0.717, 1.165) is 6.42 Å². The number of hydrogen-bond donors (Lipinski definition) is 1. The molecule has 6 nitrogen and oxygen atoms in total. The minimum Gasteiger partial charge on any atom is -0.374 e. The fourth-order valence-corrected chi connectivity index (χ4v) is 3.37. The van der Waals surface area contributed by atoms with Crippen LogP contribution in [0.3, 0.4) is 0 Å². The number of carbonyl (C=O) groups excluding carboxylic acids is 1. The van der Waals surface area contributed by atoms with Gasteiger partial charge in [-0.2, -0.15) is 5.10 Å². The Labute approximate surface area is 150 Å². The molecule has 3 aromatic rings. The molecule has 1 aliphatic heterocycles. The lowest BCUT2D eigenvalue weighted by atomic mass is 9.99. The van der Waals surface area contributed by atoms with Gasteiger partial charge in [-0.15, -0.1) is 0 Å². The number of aromatic nitrogens is 2. The monoisotopic (exact) mass is 349 g/mol. The summed E-state index contributed by atoms with van der Waals surface area (Å²) in [6, 6.07) is 17.3. The number of morpholine rings is 1. The predicted molar refractivity (Wildman–Crippen MR) is 98.2 cm³/mol. The van der Waals surface area contributed by atoms with E-state index >= 15 is 0 Å². The van der Waals surface area contributed by atoms with Crippen molar-refractivity contribution in [3.63, 3.8) is 0 Å². The van der Waals surface area contributed by atoms with Gasteiger partial charge in [-0.25, -0.2) is 5.10 Å². The van der Waals surface area contributed by atoms with Crippen molar-refractivity contribution in [2.75, 3.05) is 19.7 Å². The molecule has 1 amide bonds. The quantitative estimate of drug-likeness (QED) is 0.785. The molecule has 26 heavy (non-hydrogen) atoms. The molecule has 0 aliphatic carbocycles. The Morgan fingerprint density at radius 2 is 2.00 bits per heavy atom. The zero-order valence-corrected chi connectivity index (χ0v) is 14.2. The highest BCUT2D eigenvalue weighted by Gasteiger charge is 2.26. The standard InChI is InChI=1S/C20H19N3O3/c24-19-9-8-18(21-22-19)20(25)23-10-11-26-16(13-23)12-15-6-3-5-14-4-1-2-7-17(14)15/h1-9,16H,10-13H2,(H,22,24). The normalized spacial score (nSPS) is 17.4. The number of fused-ring (bicyclic) bond motifs is 1. The van der Waals surface area contributed by atoms with Crippen molar-refractivity contribution in [2.45, 2.75) is 12.5 Å². The third-order valence-corrected chi connectivity index (χ3v) is 4.65. The van der Waals surface area contributed by atoms with Crippen LogP contribution < -0.4 is 5.56 Å². The van der Waals surface area contributed by atoms with Crippen molar-refractivity contribution in [3.8, 4) is 0 Å². The number of H-pyrrole nitrogens is 1. The van der Waals surface area contributed by atoms with Crippen LogP contribution in [-0.4, -0.2) is 46.8 Å². The molecule has 2 aromatic carbocycles. The second-order valence-corrected chi connectivity index (χ2v) is 6.39. The van der Waals surface area contributed by atoms with Crippen molar-refractivity contribution in [3.05, 3.63) is 76.2 Å². The van der Waals surface area contributed by atoms with Crippen LogP contribution in [0.25, 0.3) is 10.8 Å². The molecule has 1 aliphatic rings. The Morgan fingerprint density at radius 3 is 2.85 bits per heavy atom. The van der Waals surface area contributed by atoms with Gasteiger partial charge in [-0.3, -0.25) is 9.59 Å². The Kier molecular flexibility index (Phi) is 4.50. The van der Waals surface area contributed by atoms with Gasteiger partial charge in [0, 0.05) is 25.6 Å². The lowest BCUT2D eigenvalue weighted by Gasteiger charge is -2.33. The summed E-state index contributed by atoms with van der Waals surface area (Å²) in [6.07, 6.45) is 0.672. The zero-order chi connectivity index (χ0) is 17.9. The number of amides is 1. The van der Waals surface area contributed by atoms with E-state index in [4.69, 9.17) is 4.74 Å². The van der Waals surface area contributed by atoms with E-state index < -0.39 is 0 Å². The second-order valence-electron chi connectivity index (χ2n) is 6.39. The highest BCUT2D eigenvalue weighted by atomic mass is 16.5. The van der Waals surface area contributed by atoms with Crippen molar-refractivity contribution in [2.24, 2.45) is 0 Å². The molecular formula is C20H19N3O3. The Bertz CT molecular complexity index is 973. The smallest absolute Gasteiger partial charge is 0.274 e. The van der Waals surface area contributed by atoms with Crippen molar-refractivity contribution in [1.29, 1.82) is 0 Å². The molecule has 1 unspecified atom stereocenters. The van der Waals surface area contributed by atoms with E-state index in [1.54, 1.807) is 4.90 Å². The molecule has 1 aromatic heterocycles. The SMILES string of the molecule is O=C(c1ccc(=O)[nH]n1)N1CCOC(Cc2cccc3ccccc23)C1. The highest BCUT2D eigenvalue weighted by molar-refractivity contribution is 5.92. The largest absolute Gasteiger partial charge is 0.374 e. The zero-order valence-electron chi connectivity index (χ0n) is 14.2. The summed E-state index contributed by atoms with van der Waals surface area (Å²) in [5.74, 6) is -0.188. The molecule has 1 N–H and O–H groups in total. The molecule has 0 radical (unpaired) electrons. The molecule has 0 saturated carbocycles. The molecule has 1 atom stereocenters. The van der Waals surface area contributed by atoms with E-state index in [2.05, 4.69) is 34.5 Å². The van der Waals surface area contributed by atoms with E-state index in [1.807, 2.05) is 18.2 Å². The van der Waals surface area contributed by atoms with Crippen LogP contribution in [0.5, 0.6) is 0 Å². The first-order valence-corrected chi connectivity index (χ1v) is 8.64. The van der Waals surface area contributed by atoms with Crippen LogP contribution in [0.1, 0.15) is 16.1 Å². The van der Waals surface area contributed by atoms with Crippen LogP contribution in [-0.2, 0) is 11.2 Å². The number of ether oxygens (including phenoxy) is 1. The summed E-state index contributed by atoms with van der Waals surface area (Å²) in [6.45, 7) is 1.51. The third-order valence-electron chi connectivity index (χ3n) is 4.65. The third kappa shape index (κ3) is 3.36.